The average Bonchev–Trinajstić information content (AvgIpc) is 2.99. The number of nitrogens with one attached hydrogen (secondary N) is 2. The SMILES string of the molecule is CCNC(=NCC(C)(O)c1cc(C)oc1C)NCCC1CCN(CC)CC1.I. The largest absolute Gasteiger partial charge is 0.466 e. The van der Waals surface area contributed by atoms with Crippen LogP contribution in [0.15, 0.2) is 15.5 Å². The standard InChI is InChI=1S/C21H38N4O2.HI/c1-6-22-20(23-11-8-18-9-12-25(7-2)13-10-18)24-15-21(5,26)19-14-16(3)27-17(19)4;/h14,18,26H,6-13,15H2,1-5H3,(H2,22,23,24);1H. The van der Waals surface area contributed by atoms with Gasteiger partial charge in [-0.2, -0.15) is 0 Å². The summed E-state index contributed by atoms with van der Waals surface area (Å²) >= 11 is 0. The second-order valence-electron chi connectivity index (χ2n) is 7.89. The number of nitrogens with zero attached hydrogens (tertiary/aromatic N) is 2. The quantitative estimate of drug-likeness (QED) is 0.287. The van der Waals surface area contributed by atoms with E-state index in [9.17, 15) is 5.11 Å². The van der Waals surface area contributed by atoms with Gasteiger partial charge in [0.1, 0.15) is 17.1 Å². The summed E-state index contributed by atoms with van der Waals surface area (Å²) in [6.07, 6.45) is 3.74. The van der Waals surface area contributed by atoms with Gasteiger partial charge in [-0.1, -0.05) is 6.92 Å². The third kappa shape index (κ3) is 7.55. The molecule has 0 amide bonds. The van der Waals surface area contributed by atoms with Crippen molar-refractivity contribution in [3.8, 4) is 0 Å². The van der Waals surface area contributed by atoms with Crippen molar-refractivity contribution in [3.63, 3.8) is 0 Å². The highest BCUT2D eigenvalue weighted by molar-refractivity contribution is 14.0. The molecule has 1 aromatic rings. The van der Waals surface area contributed by atoms with E-state index in [1.54, 1.807) is 6.92 Å². The molecule has 1 unspecified atom stereocenters. The lowest BCUT2D eigenvalue weighted by Gasteiger charge is -2.31. The van der Waals surface area contributed by atoms with Crippen molar-refractivity contribution in [1.29, 1.82) is 0 Å². The number of aliphatic imine (C=N–C) groups is 1. The Kier molecular flexibility index (Phi) is 10.8. The van der Waals surface area contributed by atoms with Crippen LogP contribution in [0.25, 0.3) is 0 Å². The summed E-state index contributed by atoms with van der Waals surface area (Å²) in [5.41, 5.74) is -0.237. The normalized spacial score (nSPS) is 18.4. The highest BCUT2D eigenvalue weighted by Gasteiger charge is 2.27. The molecule has 6 nitrogen and oxygen atoms in total. The van der Waals surface area contributed by atoms with Crippen LogP contribution in [0.1, 0.15) is 57.1 Å². The first-order chi connectivity index (χ1) is 12.9. The summed E-state index contributed by atoms with van der Waals surface area (Å²) in [6, 6.07) is 1.90. The number of aryl methyl sites for hydroxylation is 2. The molecule has 7 heteroatoms. The first-order valence-corrected chi connectivity index (χ1v) is 10.4. The van der Waals surface area contributed by atoms with Crippen molar-refractivity contribution in [3.05, 3.63) is 23.2 Å². The number of likely N-dealkylation sites (tertiary alicyclic amines) is 1. The highest BCUT2D eigenvalue weighted by atomic mass is 127. The van der Waals surface area contributed by atoms with E-state index in [1.807, 2.05) is 19.9 Å². The van der Waals surface area contributed by atoms with Gasteiger partial charge in [-0.05, 0) is 78.6 Å². The first kappa shape index (κ1) is 25.2. The van der Waals surface area contributed by atoms with E-state index < -0.39 is 5.60 Å². The van der Waals surface area contributed by atoms with E-state index in [2.05, 4.69) is 34.4 Å². The molecule has 1 fully saturated rings. The van der Waals surface area contributed by atoms with E-state index >= 15 is 0 Å². The molecular formula is C21H39IN4O2. The van der Waals surface area contributed by atoms with Gasteiger partial charge in [0, 0.05) is 18.7 Å². The second-order valence-corrected chi connectivity index (χ2v) is 7.89. The Balaban J connectivity index is 0.00000392. The van der Waals surface area contributed by atoms with Gasteiger partial charge >= 0.3 is 0 Å². The Bertz CT molecular complexity index is 608. The molecule has 1 saturated heterocycles. The predicted octanol–water partition coefficient (Wildman–Crippen LogP) is 3.40. The third-order valence-electron chi connectivity index (χ3n) is 5.51. The molecule has 1 atom stereocenters. The second kappa shape index (κ2) is 12.0. The molecule has 1 aliphatic rings. The first-order valence-electron chi connectivity index (χ1n) is 10.4. The Morgan fingerprint density at radius 3 is 2.50 bits per heavy atom. The van der Waals surface area contributed by atoms with Crippen molar-refractivity contribution < 1.29 is 9.52 Å². The molecule has 162 valence electrons. The molecular weight excluding hydrogens is 467 g/mol. The van der Waals surface area contributed by atoms with Crippen molar-refractivity contribution in [2.45, 2.75) is 59.5 Å². The molecule has 0 saturated carbocycles. The van der Waals surface area contributed by atoms with Gasteiger partial charge in [-0.15, -0.1) is 24.0 Å². The molecule has 0 spiro atoms. The molecule has 0 bridgehead atoms. The number of furan rings is 1. The van der Waals surface area contributed by atoms with Crippen LogP contribution in [-0.2, 0) is 5.60 Å². The van der Waals surface area contributed by atoms with Crippen LogP contribution in [0.2, 0.25) is 0 Å². The van der Waals surface area contributed by atoms with Crippen LogP contribution in [0.3, 0.4) is 0 Å². The number of halogens is 1. The number of rotatable bonds is 8. The Morgan fingerprint density at radius 2 is 1.96 bits per heavy atom. The minimum Gasteiger partial charge on any atom is -0.466 e. The Hall–Kier alpha value is -0.800. The maximum atomic E-state index is 10.8. The van der Waals surface area contributed by atoms with E-state index in [-0.39, 0.29) is 30.5 Å². The number of hydrogen-bond donors (Lipinski definition) is 3. The van der Waals surface area contributed by atoms with Gasteiger partial charge < -0.3 is 25.1 Å². The van der Waals surface area contributed by atoms with E-state index in [0.717, 1.165) is 48.6 Å². The van der Waals surface area contributed by atoms with Gasteiger partial charge in [0.2, 0.25) is 0 Å². The molecule has 0 aliphatic carbocycles. The lowest BCUT2D eigenvalue weighted by molar-refractivity contribution is 0.0657. The van der Waals surface area contributed by atoms with Crippen LogP contribution >= 0.6 is 24.0 Å². The average molecular weight is 506 g/mol. The molecule has 0 radical (unpaired) electrons. The summed E-state index contributed by atoms with van der Waals surface area (Å²) in [5, 5.41) is 17.6. The van der Waals surface area contributed by atoms with Crippen LogP contribution in [0.5, 0.6) is 0 Å². The number of aliphatic hydroxyl groups is 1. The summed E-state index contributed by atoms with van der Waals surface area (Å²) in [6.45, 7) is 15.5. The smallest absolute Gasteiger partial charge is 0.191 e. The van der Waals surface area contributed by atoms with Crippen LogP contribution in [-0.4, -0.2) is 55.2 Å². The van der Waals surface area contributed by atoms with Crippen LogP contribution in [0.4, 0.5) is 0 Å². The van der Waals surface area contributed by atoms with Gasteiger partial charge in [-0.25, -0.2) is 4.99 Å². The third-order valence-corrected chi connectivity index (χ3v) is 5.51. The topological polar surface area (TPSA) is 73.0 Å². The monoisotopic (exact) mass is 506 g/mol. The zero-order valence-electron chi connectivity index (χ0n) is 18.2. The van der Waals surface area contributed by atoms with Gasteiger partial charge in [0.15, 0.2) is 5.96 Å². The minimum atomic E-state index is -1.04. The maximum Gasteiger partial charge on any atom is 0.191 e. The fourth-order valence-corrected chi connectivity index (χ4v) is 3.81. The van der Waals surface area contributed by atoms with Crippen molar-refractivity contribution in [1.82, 2.24) is 15.5 Å². The lowest BCUT2D eigenvalue weighted by Crippen LogP contribution is -2.40. The summed E-state index contributed by atoms with van der Waals surface area (Å²) in [7, 11) is 0. The number of piperidine rings is 1. The molecule has 2 rings (SSSR count). The maximum absolute atomic E-state index is 10.8. The van der Waals surface area contributed by atoms with E-state index in [4.69, 9.17) is 4.42 Å². The molecule has 1 aliphatic heterocycles. The predicted molar refractivity (Wildman–Crippen MR) is 127 cm³/mol. The molecule has 2 heterocycles. The fraction of sp³-hybridized carbons (Fsp3) is 0.762. The zero-order chi connectivity index (χ0) is 19.9. The van der Waals surface area contributed by atoms with Crippen molar-refractivity contribution >= 4 is 29.9 Å². The minimum absolute atomic E-state index is 0. The van der Waals surface area contributed by atoms with Crippen molar-refractivity contribution in [2.24, 2.45) is 10.9 Å². The van der Waals surface area contributed by atoms with Crippen molar-refractivity contribution in [2.75, 3.05) is 39.3 Å². The summed E-state index contributed by atoms with van der Waals surface area (Å²) < 4.78 is 5.56. The Labute approximate surface area is 187 Å². The van der Waals surface area contributed by atoms with Crippen LogP contribution in [0, 0.1) is 19.8 Å². The molecule has 28 heavy (non-hydrogen) atoms. The Morgan fingerprint density at radius 1 is 1.29 bits per heavy atom. The number of hydrogen-bond acceptors (Lipinski definition) is 4. The van der Waals surface area contributed by atoms with Gasteiger partial charge in [-0.3, -0.25) is 0 Å². The van der Waals surface area contributed by atoms with Crippen LogP contribution < -0.4 is 10.6 Å². The lowest BCUT2D eigenvalue weighted by atomic mass is 9.93. The molecule has 3 N–H and O–H groups in total. The highest BCUT2D eigenvalue weighted by Crippen LogP contribution is 2.27. The molecule has 1 aromatic heterocycles. The van der Waals surface area contributed by atoms with E-state index in [0.29, 0.717) is 0 Å². The summed E-state index contributed by atoms with van der Waals surface area (Å²) in [4.78, 5) is 7.14. The molecule has 0 aromatic carbocycles. The fourth-order valence-electron chi connectivity index (χ4n) is 3.81. The number of guanidine groups is 1. The van der Waals surface area contributed by atoms with Gasteiger partial charge in [0.25, 0.3) is 0 Å². The van der Waals surface area contributed by atoms with E-state index in [1.165, 1.54) is 32.4 Å². The summed E-state index contributed by atoms with van der Waals surface area (Å²) in [5.74, 6) is 3.12. The van der Waals surface area contributed by atoms with Gasteiger partial charge in [0.05, 0.1) is 6.54 Å². The zero-order valence-corrected chi connectivity index (χ0v) is 20.5.